The lowest BCUT2D eigenvalue weighted by Gasteiger charge is -2.08. The molecule has 2 heterocycles. The molecule has 21 heavy (non-hydrogen) atoms. The van der Waals surface area contributed by atoms with Gasteiger partial charge in [0.05, 0.1) is 23.1 Å². The Morgan fingerprint density at radius 2 is 2.10 bits per heavy atom. The van der Waals surface area contributed by atoms with E-state index in [-0.39, 0.29) is 17.5 Å². The molecule has 1 aliphatic heterocycles. The van der Waals surface area contributed by atoms with Crippen molar-refractivity contribution in [3.63, 3.8) is 0 Å². The van der Waals surface area contributed by atoms with Crippen LogP contribution in [-0.4, -0.2) is 36.0 Å². The number of sulfone groups is 1. The summed E-state index contributed by atoms with van der Waals surface area (Å²) in [5.74, 6) is 0.286. The van der Waals surface area contributed by atoms with Crippen LogP contribution in [-0.2, 0) is 9.84 Å². The molecule has 1 aromatic heterocycles. The van der Waals surface area contributed by atoms with Crippen molar-refractivity contribution < 1.29 is 13.2 Å². The van der Waals surface area contributed by atoms with E-state index in [0.717, 1.165) is 17.4 Å². The topological polar surface area (TPSA) is 69.0 Å². The van der Waals surface area contributed by atoms with Crippen molar-refractivity contribution in [1.82, 2.24) is 9.78 Å². The van der Waals surface area contributed by atoms with Gasteiger partial charge in [0.15, 0.2) is 16.1 Å². The van der Waals surface area contributed by atoms with E-state index in [1.807, 2.05) is 31.2 Å². The summed E-state index contributed by atoms with van der Waals surface area (Å²) in [6.07, 6.45) is 2.98. The number of aryl methyl sites for hydroxylation is 1. The molecule has 0 amide bonds. The van der Waals surface area contributed by atoms with Crippen molar-refractivity contribution in [2.75, 3.05) is 11.5 Å². The first-order valence-corrected chi connectivity index (χ1v) is 8.63. The molecule has 3 rings (SSSR count). The number of carbonyl (C=O) groups excluding carboxylic acids is 1. The van der Waals surface area contributed by atoms with E-state index in [2.05, 4.69) is 5.10 Å². The van der Waals surface area contributed by atoms with Crippen LogP contribution in [0.1, 0.15) is 28.4 Å². The molecular weight excluding hydrogens is 288 g/mol. The summed E-state index contributed by atoms with van der Waals surface area (Å²) < 4.78 is 24.8. The first kappa shape index (κ1) is 14.0. The van der Waals surface area contributed by atoms with Crippen molar-refractivity contribution in [3.8, 4) is 11.3 Å². The summed E-state index contributed by atoms with van der Waals surface area (Å²) in [7, 11) is -2.98. The maximum Gasteiger partial charge on any atom is 0.153 e. The Kier molecular flexibility index (Phi) is 3.41. The third-order valence-electron chi connectivity index (χ3n) is 3.87. The summed E-state index contributed by atoms with van der Waals surface area (Å²) in [5, 5.41) is 4.48. The van der Waals surface area contributed by atoms with E-state index in [9.17, 15) is 13.2 Å². The highest BCUT2D eigenvalue weighted by Crippen LogP contribution is 2.28. The third-order valence-corrected chi connectivity index (χ3v) is 5.62. The fourth-order valence-corrected chi connectivity index (χ4v) is 4.41. The van der Waals surface area contributed by atoms with E-state index < -0.39 is 9.84 Å². The highest BCUT2D eigenvalue weighted by atomic mass is 32.2. The molecule has 1 unspecified atom stereocenters. The minimum atomic E-state index is -2.98. The second kappa shape index (κ2) is 5.11. The zero-order chi connectivity index (χ0) is 15.0. The van der Waals surface area contributed by atoms with Crippen LogP contribution in [0.2, 0.25) is 0 Å². The zero-order valence-electron chi connectivity index (χ0n) is 11.7. The van der Waals surface area contributed by atoms with E-state index in [0.29, 0.717) is 17.7 Å². The van der Waals surface area contributed by atoms with Crippen LogP contribution in [0, 0.1) is 6.92 Å². The first-order chi connectivity index (χ1) is 10.00. The number of carbonyl (C=O) groups is 1. The SMILES string of the molecule is Cc1ccccc1-c1nn(C2CCS(=O)(=O)C2)cc1C=O. The summed E-state index contributed by atoms with van der Waals surface area (Å²) in [5.41, 5.74) is 3.05. The van der Waals surface area contributed by atoms with E-state index in [1.54, 1.807) is 10.9 Å². The Balaban J connectivity index is 2.04. The largest absolute Gasteiger partial charge is 0.298 e. The summed E-state index contributed by atoms with van der Waals surface area (Å²) in [6, 6.07) is 7.53. The Hall–Kier alpha value is -1.95. The minimum absolute atomic E-state index is 0.0974. The minimum Gasteiger partial charge on any atom is -0.298 e. The quantitative estimate of drug-likeness (QED) is 0.814. The normalized spacial score (nSPS) is 20.5. The summed E-state index contributed by atoms with van der Waals surface area (Å²) in [6.45, 7) is 1.96. The van der Waals surface area contributed by atoms with Gasteiger partial charge in [0.1, 0.15) is 5.69 Å². The molecule has 0 radical (unpaired) electrons. The number of aromatic nitrogens is 2. The standard InChI is InChI=1S/C15H16N2O3S/c1-11-4-2-3-5-14(11)15-12(9-18)8-17(16-15)13-6-7-21(19,20)10-13/h2-5,8-9,13H,6-7,10H2,1H3. The highest BCUT2D eigenvalue weighted by Gasteiger charge is 2.30. The Bertz CT molecular complexity index is 793. The second-order valence-corrected chi connectivity index (χ2v) is 7.63. The van der Waals surface area contributed by atoms with E-state index >= 15 is 0 Å². The maximum absolute atomic E-state index is 11.6. The molecule has 1 atom stereocenters. The second-order valence-electron chi connectivity index (χ2n) is 5.40. The molecule has 110 valence electrons. The average molecular weight is 304 g/mol. The predicted molar refractivity (Wildman–Crippen MR) is 80.1 cm³/mol. The molecule has 5 nitrogen and oxygen atoms in total. The lowest BCUT2D eigenvalue weighted by molar-refractivity contribution is 0.112. The molecule has 1 fully saturated rings. The van der Waals surface area contributed by atoms with Crippen LogP contribution >= 0.6 is 0 Å². The molecule has 1 aromatic carbocycles. The van der Waals surface area contributed by atoms with Gasteiger partial charge in [0, 0.05) is 11.8 Å². The van der Waals surface area contributed by atoms with Gasteiger partial charge in [0.2, 0.25) is 0 Å². The number of hydrogen-bond acceptors (Lipinski definition) is 4. The van der Waals surface area contributed by atoms with E-state index in [4.69, 9.17) is 0 Å². The number of aldehydes is 1. The van der Waals surface area contributed by atoms with Gasteiger partial charge in [-0.25, -0.2) is 8.42 Å². The summed E-state index contributed by atoms with van der Waals surface area (Å²) >= 11 is 0. The van der Waals surface area contributed by atoms with Crippen molar-refractivity contribution >= 4 is 16.1 Å². The smallest absolute Gasteiger partial charge is 0.153 e. The molecule has 1 saturated heterocycles. The molecule has 0 N–H and O–H groups in total. The Labute approximate surface area is 123 Å². The van der Waals surface area contributed by atoms with Gasteiger partial charge in [-0.1, -0.05) is 24.3 Å². The van der Waals surface area contributed by atoms with Crippen LogP contribution in [0.5, 0.6) is 0 Å². The molecule has 0 saturated carbocycles. The van der Waals surface area contributed by atoms with Gasteiger partial charge in [-0.05, 0) is 18.9 Å². The molecule has 6 heteroatoms. The van der Waals surface area contributed by atoms with Gasteiger partial charge < -0.3 is 0 Å². The number of rotatable bonds is 3. The first-order valence-electron chi connectivity index (χ1n) is 6.81. The molecule has 1 aliphatic rings. The van der Waals surface area contributed by atoms with Crippen LogP contribution in [0.4, 0.5) is 0 Å². The third kappa shape index (κ3) is 2.63. The number of hydrogen-bond donors (Lipinski definition) is 0. The van der Waals surface area contributed by atoms with Gasteiger partial charge >= 0.3 is 0 Å². The lowest BCUT2D eigenvalue weighted by Crippen LogP contribution is -2.11. The van der Waals surface area contributed by atoms with Crippen LogP contribution in [0.15, 0.2) is 30.5 Å². The predicted octanol–water partition coefficient (Wildman–Crippen LogP) is 2.03. The Morgan fingerprint density at radius 3 is 2.71 bits per heavy atom. The monoisotopic (exact) mass is 304 g/mol. The zero-order valence-corrected chi connectivity index (χ0v) is 12.5. The molecule has 0 bridgehead atoms. The number of benzene rings is 1. The fourth-order valence-electron chi connectivity index (χ4n) is 2.71. The Morgan fingerprint density at radius 1 is 1.33 bits per heavy atom. The lowest BCUT2D eigenvalue weighted by atomic mass is 10.0. The average Bonchev–Trinajstić information content (AvgIpc) is 3.02. The van der Waals surface area contributed by atoms with Crippen LogP contribution in [0.25, 0.3) is 11.3 Å². The molecule has 2 aromatic rings. The molecule has 0 aliphatic carbocycles. The maximum atomic E-state index is 11.6. The van der Waals surface area contributed by atoms with Gasteiger partial charge in [-0.15, -0.1) is 0 Å². The van der Waals surface area contributed by atoms with Crippen molar-refractivity contribution in [3.05, 3.63) is 41.6 Å². The fraction of sp³-hybridized carbons (Fsp3) is 0.333. The van der Waals surface area contributed by atoms with Crippen LogP contribution in [0.3, 0.4) is 0 Å². The van der Waals surface area contributed by atoms with Gasteiger partial charge in [0.25, 0.3) is 0 Å². The van der Waals surface area contributed by atoms with E-state index in [1.165, 1.54) is 0 Å². The van der Waals surface area contributed by atoms with Crippen molar-refractivity contribution in [2.24, 2.45) is 0 Å². The number of nitrogens with zero attached hydrogens (tertiary/aromatic N) is 2. The van der Waals surface area contributed by atoms with Crippen molar-refractivity contribution in [1.29, 1.82) is 0 Å². The van der Waals surface area contributed by atoms with Gasteiger partial charge in [-0.3, -0.25) is 9.48 Å². The highest BCUT2D eigenvalue weighted by molar-refractivity contribution is 7.91. The van der Waals surface area contributed by atoms with Gasteiger partial charge in [-0.2, -0.15) is 5.10 Å². The van der Waals surface area contributed by atoms with Crippen LogP contribution < -0.4 is 0 Å². The molecule has 0 spiro atoms. The molecular formula is C15H16N2O3S. The van der Waals surface area contributed by atoms with Crippen molar-refractivity contribution in [2.45, 2.75) is 19.4 Å². The summed E-state index contributed by atoms with van der Waals surface area (Å²) in [4.78, 5) is 11.3.